The van der Waals surface area contributed by atoms with Gasteiger partial charge in [0.1, 0.15) is 5.82 Å². The van der Waals surface area contributed by atoms with Gasteiger partial charge in [-0.15, -0.1) is 0 Å². The number of rotatable bonds is 4. The number of pyridine rings is 1. The fourth-order valence-electron chi connectivity index (χ4n) is 1.62. The quantitative estimate of drug-likeness (QED) is 0.827. The standard InChI is InChI=1S/C11H17FN2O/c1-11(2,15-4)10(13-3)8-5-9(12)7-14-6-8/h5-7,10,13H,1-4H3. The Kier molecular flexibility index (Phi) is 3.77. The Morgan fingerprint density at radius 3 is 2.60 bits per heavy atom. The van der Waals surface area contributed by atoms with Crippen molar-refractivity contribution in [2.75, 3.05) is 14.2 Å². The summed E-state index contributed by atoms with van der Waals surface area (Å²) in [5, 5.41) is 3.11. The lowest BCUT2D eigenvalue weighted by molar-refractivity contribution is -0.00914. The predicted octanol–water partition coefficient (Wildman–Crippen LogP) is 1.91. The summed E-state index contributed by atoms with van der Waals surface area (Å²) >= 11 is 0. The number of methoxy groups -OCH3 is 1. The second-order valence-electron chi connectivity index (χ2n) is 3.97. The van der Waals surface area contributed by atoms with Gasteiger partial charge in [0.25, 0.3) is 0 Å². The van der Waals surface area contributed by atoms with E-state index in [2.05, 4.69) is 10.3 Å². The molecule has 0 aliphatic carbocycles. The molecule has 1 N–H and O–H groups in total. The van der Waals surface area contributed by atoms with Gasteiger partial charge in [0.2, 0.25) is 0 Å². The average molecular weight is 212 g/mol. The number of nitrogens with one attached hydrogen (secondary N) is 1. The third kappa shape index (κ3) is 2.73. The van der Waals surface area contributed by atoms with E-state index < -0.39 is 5.60 Å². The Labute approximate surface area is 89.7 Å². The molecule has 3 nitrogen and oxygen atoms in total. The van der Waals surface area contributed by atoms with Crippen molar-refractivity contribution in [3.8, 4) is 0 Å². The number of aromatic nitrogens is 1. The molecule has 1 aromatic rings. The lowest BCUT2D eigenvalue weighted by Gasteiger charge is -2.32. The van der Waals surface area contributed by atoms with Crippen LogP contribution in [0.25, 0.3) is 0 Å². The highest BCUT2D eigenvalue weighted by Gasteiger charge is 2.29. The number of hydrogen-bond donors (Lipinski definition) is 1. The Hall–Kier alpha value is -1.00. The third-order valence-corrected chi connectivity index (χ3v) is 2.57. The molecule has 0 spiro atoms. The van der Waals surface area contributed by atoms with E-state index in [1.807, 2.05) is 20.9 Å². The van der Waals surface area contributed by atoms with Gasteiger partial charge in [-0.3, -0.25) is 4.98 Å². The molecule has 1 heterocycles. The van der Waals surface area contributed by atoms with Gasteiger partial charge in [0, 0.05) is 13.3 Å². The number of halogens is 1. The normalized spacial score (nSPS) is 13.9. The van der Waals surface area contributed by atoms with E-state index in [4.69, 9.17) is 4.74 Å². The van der Waals surface area contributed by atoms with E-state index in [0.717, 1.165) is 5.56 Å². The molecule has 0 saturated carbocycles. The Balaban J connectivity index is 3.02. The maximum Gasteiger partial charge on any atom is 0.141 e. The molecule has 0 saturated heterocycles. The minimum absolute atomic E-state index is 0.0919. The van der Waals surface area contributed by atoms with Gasteiger partial charge in [-0.2, -0.15) is 0 Å². The molecule has 0 aliphatic heterocycles. The summed E-state index contributed by atoms with van der Waals surface area (Å²) in [6, 6.07) is 1.38. The van der Waals surface area contributed by atoms with Crippen molar-refractivity contribution in [1.29, 1.82) is 0 Å². The minimum atomic E-state index is -0.412. The van der Waals surface area contributed by atoms with Gasteiger partial charge in [0.15, 0.2) is 0 Å². The zero-order valence-corrected chi connectivity index (χ0v) is 9.54. The fourth-order valence-corrected chi connectivity index (χ4v) is 1.62. The summed E-state index contributed by atoms with van der Waals surface area (Å²) < 4.78 is 18.4. The van der Waals surface area contributed by atoms with E-state index >= 15 is 0 Å². The topological polar surface area (TPSA) is 34.2 Å². The smallest absolute Gasteiger partial charge is 0.141 e. The van der Waals surface area contributed by atoms with Gasteiger partial charge < -0.3 is 10.1 Å². The molecule has 1 unspecified atom stereocenters. The molecule has 0 aliphatic rings. The van der Waals surface area contributed by atoms with Crippen LogP contribution >= 0.6 is 0 Å². The SMILES string of the molecule is CNC(c1cncc(F)c1)C(C)(C)OC. The van der Waals surface area contributed by atoms with Crippen molar-refractivity contribution in [1.82, 2.24) is 10.3 Å². The van der Waals surface area contributed by atoms with E-state index in [1.54, 1.807) is 13.3 Å². The lowest BCUT2D eigenvalue weighted by atomic mass is 9.93. The van der Waals surface area contributed by atoms with E-state index in [0.29, 0.717) is 0 Å². The van der Waals surface area contributed by atoms with Crippen LogP contribution in [0.15, 0.2) is 18.5 Å². The first kappa shape index (κ1) is 12.1. The van der Waals surface area contributed by atoms with Crippen LogP contribution in [-0.4, -0.2) is 24.7 Å². The minimum Gasteiger partial charge on any atom is -0.377 e. The highest BCUT2D eigenvalue weighted by atomic mass is 19.1. The molecular formula is C11H17FN2O. The zero-order valence-electron chi connectivity index (χ0n) is 9.54. The molecule has 0 amide bonds. The molecule has 0 aromatic carbocycles. The zero-order chi connectivity index (χ0) is 11.5. The van der Waals surface area contributed by atoms with Crippen molar-refractivity contribution in [2.24, 2.45) is 0 Å². The summed E-state index contributed by atoms with van der Waals surface area (Å²) in [6.45, 7) is 3.89. The lowest BCUT2D eigenvalue weighted by Crippen LogP contribution is -2.39. The van der Waals surface area contributed by atoms with Crippen molar-refractivity contribution in [2.45, 2.75) is 25.5 Å². The summed E-state index contributed by atoms with van der Waals surface area (Å²) in [7, 11) is 3.45. The maximum absolute atomic E-state index is 13.0. The molecule has 1 aromatic heterocycles. The van der Waals surface area contributed by atoms with Crippen LogP contribution in [0.4, 0.5) is 4.39 Å². The van der Waals surface area contributed by atoms with E-state index in [1.165, 1.54) is 12.3 Å². The molecule has 0 radical (unpaired) electrons. The molecular weight excluding hydrogens is 195 g/mol. The van der Waals surface area contributed by atoms with Crippen LogP contribution in [0.1, 0.15) is 25.5 Å². The highest BCUT2D eigenvalue weighted by Crippen LogP contribution is 2.27. The van der Waals surface area contributed by atoms with Gasteiger partial charge in [0.05, 0.1) is 17.8 Å². The first-order valence-electron chi connectivity index (χ1n) is 4.84. The largest absolute Gasteiger partial charge is 0.377 e. The van der Waals surface area contributed by atoms with Crippen molar-refractivity contribution >= 4 is 0 Å². The van der Waals surface area contributed by atoms with Gasteiger partial charge in [-0.25, -0.2) is 4.39 Å². The number of hydrogen-bond acceptors (Lipinski definition) is 3. The fraction of sp³-hybridized carbons (Fsp3) is 0.545. The van der Waals surface area contributed by atoms with Crippen LogP contribution in [0.2, 0.25) is 0 Å². The van der Waals surface area contributed by atoms with Crippen LogP contribution in [0, 0.1) is 5.82 Å². The second kappa shape index (κ2) is 4.68. The van der Waals surface area contributed by atoms with E-state index in [9.17, 15) is 4.39 Å². The molecule has 15 heavy (non-hydrogen) atoms. The van der Waals surface area contributed by atoms with Gasteiger partial charge >= 0.3 is 0 Å². The summed E-state index contributed by atoms with van der Waals surface area (Å²) in [5.74, 6) is -0.334. The summed E-state index contributed by atoms with van der Waals surface area (Å²) in [4.78, 5) is 3.83. The monoisotopic (exact) mass is 212 g/mol. The molecule has 84 valence electrons. The van der Waals surface area contributed by atoms with Crippen molar-refractivity contribution in [3.63, 3.8) is 0 Å². The van der Waals surface area contributed by atoms with Crippen LogP contribution in [0.3, 0.4) is 0 Å². The Morgan fingerprint density at radius 1 is 1.47 bits per heavy atom. The number of nitrogens with zero attached hydrogens (tertiary/aromatic N) is 1. The summed E-state index contributed by atoms with van der Waals surface area (Å²) in [5.41, 5.74) is 0.369. The molecule has 0 bridgehead atoms. The molecule has 4 heteroatoms. The van der Waals surface area contributed by atoms with Crippen LogP contribution in [0.5, 0.6) is 0 Å². The maximum atomic E-state index is 13.0. The molecule has 0 fully saturated rings. The highest BCUT2D eigenvalue weighted by molar-refractivity contribution is 5.18. The molecule has 1 atom stereocenters. The van der Waals surface area contributed by atoms with Crippen molar-refractivity contribution in [3.05, 3.63) is 29.8 Å². The average Bonchev–Trinajstić information content (AvgIpc) is 2.18. The predicted molar refractivity (Wildman–Crippen MR) is 57.1 cm³/mol. The van der Waals surface area contributed by atoms with Crippen LogP contribution < -0.4 is 5.32 Å². The Morgan fingerprint density at radius 2 is 2.13 bits per heavy atom. The second-order valence-corrected chi connectivity index (χ2v) is 3.97. The first-order valence-corrected chi connectivity index (χ1v) is 4.84. The number of ether oxygens (including phenoxy) is 1. The first-order chi connectivity index (χ1) is 7.01. The van der Waals surface area contributed by atoms with E-state index in [-0.39, 0.29) is 11.9 Å². The summed E-state index contributed by atoms with van der Waals surface area (Å²) in [6.07, 6.45) is 2.83. The molecule has 1 rings (SSSR count). The van der Waals surface area contributed by atoms with Crippen LogP contribution in [-0.2, 0) is 4.74 Å². The number of likely N-dealkylation sites (N-methyl/N-ethyl adjacent to an activating group) is 1. The van der Waals surface area contributed by atoms with Gasteiger partial charge in [-0.05, 0) is 32.5 Å². The van der Waals surface area contributed by atoms with Gasteiger partial charge in [-0.1, -0.05) is 0 Å². The van der Waals surface area contributed by atoms with Crippen molar-refractivity contribution < 1.29 is 9.13 Å². The third-order valence-electron chi connectivity index (χ3n) is 2.57. The Bertz CT molecular complexity index is 328.